The lowest BCUT2D eigenvalue weighted by Gasteiger charge is -2.01. The molecule has 88 valence electrons. The molecule has 0 aromatic heterocycles. The molecule has 0 spiro atoms. The summed E-state index contributed by atoms with van der Waals surface area (Å²) >= 11 is 0. The third-order valence-electron chi connectivity index (χ3n) is 2.46. The van der Waals surface area contributed by atoms with Gasteiger partial charge in [-0.3, -0.25) is 0 Å². The van der Waals surface area contributed by atoms with Gasteiger partial charge in [-0.05, 0) is 19.5 Å². The molecular formula is C12H28ClN. The molecule has 0 aromatic carbocycles. The Labute approximate surface area is 96.5 Å². The molecule has 0 unspecified atom stereocenters. The lowest BCUT2D eigenvalue weighted by Crippen LogP contribution is -2.13. The van der Waals surface area contributed by atoms with Crippen molar-refractivity contribution < 1.29 is 0 Å². The second-order valence-electron chi connectivity index (χ2n) is 3.83. The molecule has 0 bridgehead atoms. The van der Waals surface area contributed by atoms with Crippen LogP contribution in [-0.2, 0) is 0 Å². The molecule has 0 saturated heterocycles. The van der Waals surface area contributed by atoms with Gasteiger partial charge < -0.3 is 5.32 Å². The predicted octanol–water partition coefficient (Wildman–Crippen LogP) is 4.16. The number of halogens is 1. The zero-order chi connectivity index (χ0) is 9.78. The number of unbranched alkanes of at least 4 members (excludes halogenated alkanes) is 7. The highest BCUT2D eigenvalue weighted by molar-refractivity contribution is 5.85. The molecule has 2 heteroatoms. The first kappa shape index (κ1) is 16.7. The molecule has 0 aliphatic rings. The first-order chi connectivity index (χ1) is 6.41. The second-order valence-corrected chi connectivity index (χ2v) is 3.83. The van der Waals surface area contributed by atoms with Crippen molar-refractivity contribution in [3.05, 3.63) is 0 Å². The van der Waals surface area contributed by atoms with Crippen molar-refractivity contribution in [2.24, 2.45) is 0 Å². The van der Waals surface area contributed by atoms with Crippen molar-refractivity contribution in [3.8, 4) is 0 Å². The molecule has 1 nitrogen and oxygen atoms in total. The maximum atomic E-state index is 3.36. The summed E-state index contributed by atoms with van der Waals surface area (Å²) in [6, 6.07) is 0. The van der Waals surface area contributed by atoms with Gasteiger partial charge in [0.15, 0.2) is 0 Å². The van der Waals surface area contributed by atoms with E-state index in [9.17, 15) is 0 Å². The van der Waals surface area contributed by atoms with Crippen LogP contribution in [0.3, 0.4) is 0 Å². The Bertz CT molecular complexity index is 76.4. The summed E-state index contributed by atoms with van der Waals surface area (Å²) in [7, 11) is 0. The Kier molecular flexibility index (Phi) is 18.7. The van der Waals surface area contributed by atoms with Crippen LogP contribution in [0, 0.1) is 0 Å². The number of nitrogens with one attached hydrogen (secondary N) is 1. The zero-order valence-corrected chi connectivity index (χ0v) is 10.8. The summed E-state index contributed by atoms with van der Waals surface area (Å²) in [4.78, 5) is 0. The molecule has 0 heterocycles. The first-order valence-electron chi connectivity index (χ1n) is 6.12. The first-order valence-corrected chi connectivity index (χ1v) is 6.12. The average Bonchev–Trinajstić information content (AvgIpc) is 2.16. The van der Waals surface area contributed by atoms with E-state index in [1.807, 2.05) is 0 Å². The fraction of sp³-hybridized carbons (Fsp3) is 1.00. The van der Waals surface area contributed by atoms with Gasteiger partial charge in [-0.15, -0.1) is 12.4 Å². The minimum atomic E-state index is 0. The molecule has 0 amide bonds. The highest BCUT2D eigenvalue weighted by atomic mass is 35.5. The third-order valence-corrected chi connectivity index (χ3v) is 2.46. The Morgan fingerprint density at radius 1 is 0.714 bits per heavy atom. The molecule has 1 N–H and O–H groups in total. The summed E-state index contributed by atoms with van der Waals surface area (Å²) in [5, 5.41) is 3.36. The summed E-state index contributed by atoms with van der Waals surface area (Å²) in [6.45, 7) is 6.78. The van der Waals surface area contributed by atoms with E-state index in [4.69, 9.17) is 0 Å². The van der Waals surface area contributed by atoms with Crippen LogP contribution >= 0.6 is 12.4 Å². The van der Waals surface area contributed by atoms with Gasteiger partial charge in [-0.25, -0.2) is 0 Å². The number of hydrogen-bond donors (Lipinski definition) is 1. The largest absolute Gasteiger partial charge is 0.317 e. The summed E-state index contributed by atoms with van der Waals surface area (Å²) in [5.74, 6) is 0. The van der Waals surface area contributed by atoms with Crippen LogP contribution in [-0.4, -0.2) is 13.1 Å². The van der Waals surface area contributed by atoms with E-state index in [1.54, 1.807) is 0 Å². The maximum Gasteiger partial charge on any atom is -0.00490 e. The van der Waals surface area contributed by atoms with E-state index in [0.29, 0.717) is 0 Å². The van der Waals surface area contributed by atoms with Gasteiger partial charge in [-0.2, -0.15) is 0 Å². The van der Waals surface area contributed by atoms with Crippen LogP contribution < -0.4 is 5.32 Å². The van der Waals surface area contributed by atoms with Gasteiger partial charge in [0.2, 0.25) is 0 Å². The molecule has 0 fully saturated rings. The van der Waals surface area contributed by atoms with Crippen molar-refractivity contribution in [1.29, 1.82) is 0 Å². The summed E-state index contributed by atoms with van der Waals surface area (Å²) < 4.78 is 0. The average molecular weight is 222 g/mol. The zero-order valence-electron chi connectivity index (χ0n) is 9.98. The molecule has 0 rings (SSSR count). The van der Waals surface area contributed by atoms with Crippen LogP contribution in [0.15, 0.2) is 0 Å². The van der Waals surface area contributed by atoms with Gasteiger partial charge in [0, 0.05) is 0 Å². The number of rotatable bonds is 10. The van der Waals surface area contributed by atoms with Crippen molar-refractivity contribution in [1.82, 2.24) is 5.32 Å². The fourth-order valence-corrected chi connectivity index (χ4v) is 1.56. The van der Waals surface area contributed by atoms with Crippen LogP contribution in [0.5, 0.6) is 0 Å². The molecular weight excluding hydrogens is 194 g/mol. The molecule has 0 aliphatic heterocycles. The Morgan fingerprint density at radius 3 is 1.71 bits per heavy atom. The van der Waals surface area contributed by atoms with E-state index < -0.39 is 0 Å². The Hall–Kier alpha value is 0.250. The van der Waals surface area contributed by atoms with E-state index in [2.05, 4.69) is 19.2 Å². The topological polar surface area (TPSA) is 12.0 Å². The number of hydrogen-bond acceptors (Lipinski definition) is 1. The Balaban J connectivity index is 0. The maximum absolute atomic E-state index is 3.36. The van der Waals surface area contributed by atoms with Crippen molar-refractivity contribution in [2.75, 3.05) is 13.1 Å². The van der Waals surface area contributed by atoms with Crippen molar-refractivity contribution >= 4 is 12.4 Å². The second kappa shape index (κ2) is 15.7. The van der Waals surface area contributed by atoms with Crippen LogP contribution in [0.4, 0.5) is 0 Å². The minimum absolute atomic E-state index is 0. The standard InChI is InChI=1S/C12H27N.ClH/c1-3-5-6-7-8-9-10-11-12-13-4-2;/h13H,3-12H2,1-2H3;1H. The van der Waals surface area contributed by atoms with Crippen molar-refractivity contribution in [3.63, 3.8) is 0 Å². The van der Waals surface area contributed by atoms with Crippen LogP contribution in [0.25, 0.3) is 0 Å². The quantitative estimate of drug-likeness (QED) is 0.547. The monoisotopic (exact) mass is 221 g/mol. The highest BCUT2D eigenvalue weighted by Gasteiger charge is 1.90. The summed E-state index contributed by atoms with van der Waals surface area (Å²) in [6.07, 6.45) is 11.4. The SMILES string of the molecule is CCCCCCCCCCNCC.Cl. The molecule has 14 heavy (non-hydrogen) atoms. The predicted molar refractivity (Wildman–Crippen MR) is 68.4 cm³/mol. The van der Waals surface area contributed by atoms with E-state index >= 15 is 0 Å². The van der Waals surface area contributed by atoms with Crippen LogP contribution in [0.2, 0.25) is 0 Å². The van der Waals surface area contributed by atoms with E-state index in [1.165, 1.54) is 57.9 Å². The smallest absolute Gasteiger partial charge is 0.00490 e. The van der Waals surface area contributed by atoms with Crippen molar-refractivity contribution in [2.45, 2.75) is 65.2 Å². The lowest BCUT2D eigenvalue weighted by atomic mass is 10.1. The molecule has 0 radical (unpaired) electrons. The van der Waals surface area contributed by atoms with Gasteiger partial charge in [0.05, 0.1) is 0 Å². The lowest BCUT2D eigenvalue weighted by molar-refractivity contribution is 0.560. The fourth-order valence-electron chi connectivity index (χ4n) is 1.56. The van der Waals surface area contributed by atoms with Crippen LogP contribution in [0.1, 0.15) is 65.2 Å². The minimum Gasteiger partial charge on any atom is -0.317 e. The van der Waals surface area contributed by atoms with Gasteiger partial charge in [0.25, 0.3) is 0 Å². The molecule has 0 aliphatic carbocycles. The van der Waals surface area contributed by atoms with Gasteiger partial charge in [-0.1, -0.05) is 58.8 Å². The summed E-state index contributed by atoms with van der Waals surface area (Å²) in [5.41, 5.74) is 0. The third kappa shape index (κ3) is 14.8. The Morgan fingerprint density at radius 2 is 1.21 bits per heavy atom. The van der Waals surface area contributed by atoms with E-state index in [0.717, 1.165) is 6.54 Å². The van der Waals surface area contributed by atoms with E-state index in [-0.39, 0.29) is 12.4 Å². The highest BCUT2D eigenvalue weighted by Crippen LogP contribution is 2.07. The molecule has 0 aromatic rings. The van der Waals surface area contributed by atoms with Gasteiger partial charge >= 0.3 is 0 Å². The molecule has 0 atom stereocenters. The normalized spacial score (nSPS) is 9.86. The van der Waals surface area contributed by atoms with Gasteiger partial charge in [0.1, 0.15) is 0 Å². The molecule has 0 saturated carbocycles.